The van der Waals surface area contributed by atoms with Crippen LogP contribution >= 0.6 is 0 Å². The molecule has 0 aliphatic rings. The van der Waals surface area contributed by atoms with Gasteiger partial charge in [0.1, 0.15) is 5.75 Å². The molecule has 2 aromatic rings. The summed E-state index contributed by atoms with van der Waals surface area (Å²) < 4.78 is 45.9. The van der Waals surface area contributed by atoms with Gasteiger partial charge in [-0.15, -0.1) is 0 Å². The van der Waals surface area contributed by atoms with Crippen LogP contribution in [0.1, 0.15) is 22.0 Å². The van der Waals surface area contributed by atoms with Gasteiger partial charge >= 0.3 is 6.18 Å². The smallest absolute Gasteiger partial charge is 0.412 e. The predicted octanol–water partition coefficient (Wildman–Crippen LogP) is 2.46. The van der Waals surface area contributed by atoms with Crippen LogP contribution in [0.25, 0.3) is 0 Å². The maximum absolute atomic E-state index is 13.2. The fourth-order valence-electron chi connectivity index (χ4n) is 1.90. The second-order valence-corrected chi connectivity index (χ2v) is 4.62. The molecule has 1 amide bonds. The van der Waals surface area contributed by atoms with Gasteiger partial charge in [0.25, 0.3) is 5.91 Å². The number of hydrogen-bond donors (Lipinski definition) is 1. The van der Waals surface area contributed by atoms with Crippen molar-refractivity contribution in [1.29, 1.82) is 0 Å². The number of amides is 1. The molecule has 118 valence electrons. The minimum atomic E-state index is -4.62. The maximum atomic E-state index is 13.2. The first-order chi connectivity index (χ1) is 10.3. The normalized spacial score (nSPS) is 12.8. The van der Waals surface area contributed by atoms with Crippen molar-refractivity contribution in [3.05, 3.63) is 47.8 Å². The zero-order valence-electron chi connectivity index (χ0n) is 11.9. The van der Waals surface area contributed by atoms with E-state index in [-0.39, 0.29) is 11.1 Å². The Morgan fingerprint density at radius 3 is 2.41 bits per heavy atom. The highest BCUT2D eigenvalue weighted by atomic mass is 19.4. The molecular formula is C14H14F3N3O2. The minimum Gasteiger partial charge on any atom is -0.497 e. The Hall–Kier alpha value is -2.51. The molecule has 1 aromatic heterocycles. The number of aromatic nitrogens is 2. The van der Waals surface area contributed by atoms with Crippen molar-refractivity contribution < 1.29 is 22.7 Å². The minimum absolute atomic E-state index is 0.0604. The second kappa shape index (κ2) is 6.08. The van der Waals surface area contributed by atoms with Gasteiger partial charge in [0.05, 0.1) is 18.9 Å². The molecule has 1 heterocycles. The highest BCUT2D eigenvalue weighted by Gasteiger charge is 2.42. The summed E-state index contributed by atoms with van der Waals surface area (Å²) in [5, 5.41) is 5.74. The fraction of sp³-hybridized carbons (Fsp3) is 0.286. The number of nitrogens with zero attached hydrogens (tertiary/aromatic N) is 2. The van der Waals surface area contributed by atoms with E-state index in [1.165, 1.54) is 48.5 Å². The van der Waals surface area contributed by atoms with E-state index >= 15 is 0 Å². The maximum Gasteiger partial charge on any atom is 0.412 e. The highest BCUT2D eigenvalue weighted by Crippen LogP contribution is 2.33. The number of halogens is 3. The monoisotopic (exact) mass is 313 g/mol. The van der Waals surface area contributed by atoms with Crippen molar-refractivity contribution in [1.82, 2.24) is 15.1 Å². The third-order valence-corrected chi connectivity index (χ3v) is 3.02. The second-order valence-electron chi connectivity index (χ2n) is 4.62. The molecule has 8 heteroatoms. The van der Waals surface area contributed by atoms with E-state index in [4.69, 9.17) is 4.74 Å². The molecule has 0 aliphatic heterocycles. The lowest BCUT2D eigenvalue weighted by Crippen LogP contribution is -2.38. The molecule has 0 spiro atoms. The Kier molecular flexibility index (Phi) is 4.39. The molecule has 1 atom stereocenters. The van der Waals surface area contributed by atoms with Gasteiger partial charge in [-0.05, 0) is 17.7 Å². The van der Waals surface area contributed by atoms with Crippen molar-refractivity contribution in [2.24, 2.45) is 7.05 Å². The van der Waals surface area contributed by atoms with Crippen molar-refractivity contribution >= 4 is 5.91 Å². The molecule has 0 saturated carbocycles. The Labute approximate surface area is 124 Å². The summed E-state index contributed by atoms with van der Waals surface area (Å²) in [4.78, 5) is 11.9. The quantitative estimate of drug-likeness (QED) is 0.943. The first-order valence-electron chi connectivity index (χ1n) is 6.31. The number of ether oxygens (including phenoxy) is 1. The Morgan fingerprint density at radius 1 is 1.32 bits per heavy atom. The van der Waals surface area contributed by atoms with Gasteiger partial charge < -0.3 is 10.1 Å². The molecule has 1 unspecified atom stereocenters. The van der Waals surface area contributed by atoms with E-state index in [2.05, 4.69) is 5.10 Å². The number of carbonyl (C=O) groups is 1. The topological polar surface area (TPSA) is 56.1 Å². The Morgan fingerprint density at radius 2 is 1.95 bits per heavy atom. The molecule has 1 N–H and O–H groups in total. The summed E-state index contributed by atoms with van der Waals surface area (Å²) in [6, 6.07) is 3.24. The first kappa shape index (κ1) is 15.9. The lowest BCUT2D eigenvalue weighted by molar-refractivity contribution is -0.155. The molecule has 2 rings (SSSR count). The number of aryl methyl sites for hydroxylation is 1. The molecule has 5 nitrogen and oxygen atoms in total. The molecule has 0 bridgehead atoms. The molecule has 0 aliphatic carbocycles. The van der Waals surface area contributed by atoms with E-state index in [9.17, 15) is 18.0 Å². The van der Waals surface area contributed by atoms with Crippen LogP contribution in [0.2, 0.25) is 0 Å². The van der Waals surface area contributed by atoms with Crippen LogP contribution in [0.15, 0.2) is 36.7 Å². The number of benzene rings is 1. The molecule has 0 fully saturated rings. The summed E-state index contributed by atoms with van der Waals surface area (Å²) >= 11 is 0. The van der Waals surface area contributed by atoms with Gasteiger partial charge in [-0.2, -0.15) is 18.3 Å². The van der Waals surface area contributed by atoms with Gasteiger partial charge in [0.2, 0.25) is 0 Å². The Balaban J connectivity index is 2.24. The number of carbonyl (C=O) groups excluding carboxylic acids is 1. The van der Waals surface area contributed by atoms with E-state index in [0.29, 0.717) is 5.75 Å². The fourth-order valence-corrected chi connectivity index (χ4v) is 1.90. The SMILES string of the molecule is COc1ccc(C(NC(=O)c2cnn(C)c2)C(F)(F)F)cc1. The molecule has 0 saturated heterocycles. The molecule has 0 radical (unpaired) electrons. The average Bonchev–Trinajstić information content (AvgIpc) is 2.90. The van der Waals surface area contributed by atoms with E-state index in [1.807, 2.05) is 5.32 Å². The number of hydrogen-bond acceptors (Lipinski definition) is 3. The van der Waals surface area contributed by atoms with E-state index in [1.54, 1.807) is 7.05 Å². The number of alkyl halides is 3. The summed E-state index contributed by atoms with van der Waals surface area (Å²) in [5.74, 6) is -0.408. The van der Waals surface area contributed by atoms with Gasteiger partial charge in [-0.3, -0.25) is 9.48 Å². The highest BCUT2D eigenvalue weighted by molar-refractivity contribution is 5.94. The summed E-state index contributed by atoms with van der Waals surface area (Å²) in [5.41, 5.74) is -0.0178. The van der Waals surface area contributed by atoms with Gasteiger partial charge in [-0.25, -0.2) is 0 Å². The van der Waals surface area contributed by atoms with Gasteiger partial charge in [-0.1, -0.05) is 12.1 Å². The lowest BCUT2D eigenvalue weighted by Gasteiger charge is -2.22. The van der Waals surface area contributed by atoms with Gasteiger partial charge in [0, 0.05) is 13.2 Å². The molecule has 1 aromatic carbocycles. The van der Waals surface area contributed by atoms with Crippen molar-refractivity contribution in [2.75, 3.05) is 7.11 Å². The third-order valence-electron chi connectivity index (χ3n) is 3.02. The zero-order valence-corrected chi connectivity index (χ0v) is 11.9. The number of nitrogens with one attached hydrogen (secondary N) is 1. The van der Waals surface area contributed by atoms with Crippen LogP contribution in [0.5, 0.6) is 5.75 Å². The van der Waals surface area contributed by atoms with Crippen molar-refractivity contribution in [3.63, 3.8) is 0 Å². The van der Waals surface area contributed by atoms with Crippen LogP contribution in [0, 0.1) is 0 Å². The van der Waals surface area contributed by atoms with Crippen LogP contribution in [0.3, 0.4) is 0 Å². The van der Waals surface area contributed by atoms with Gasteiger partial charge in [0.15, 0.2) is 6.04 Å². The third kappa shape index (κ3) is 3.57. The summed E-state index contributed by atoms with van der Waals surface area (Å²) in [6.07, 6.45) is -2.07. The average molecular weight is 313 g/mol. The standard InChI is InChI=1S/C14H14F3N3O2/c1-20-8-10(7-18-20)13(21)19-12(14(15,16)17)9-3-5-11(22-2)6-4-9/h3-8,12H,1-2H3,(H,19,21). The van der Waals surface area contributed by atoms with Crippen molar-refractivity contribution in [2.45, 2.75) is 12.2 Å². The largest absolute Gasteiger partial charge is 0.497 e. The summed E-state index contributed by atoms with van der Waals surface area (Å²) in [6.45, 7) is 0. The number of methoxy groups -OCH3 is 1. The zero-order chi connectivity index (χ0) is 16.3. The van der Waals surface area contributed by atoms with Crippen LogP contribution in [-0.2, 0) is 7.05 Å². The molecule has 22 heavy (non-hydrogen) atoms. The van der Waals surface area contributed by atoms with Crippen molar-refractivity contribution in [3.8, 4) is 5.75 Å². The van der Waals surface area contributed by atoms with Crippen LogP contribution < -0.4 is 10.1 Å². The van der Waals surface area contributed by atoms with E-state index < -0.39 is 18.1 Å². The lowest BCUT2D eigenvalue weighted by atomic mass is 10.1. The summed E-state index contributed by atoms with van der Waals surface area (Å²) in [7, 11) is 2.99. The molecular weight excluding hydrogens is 299 g/mol. The van der Waals surface area contributed by atoms with Crippen LogP contribution in [0.4, 0.5) is 13.2 Å². The van der Waals surface area contributed by atoms with Crippen LogP contribution in [-0.4, -0.2) is 29.0 Å². The number of rotatable bonds is 4. The predicted molar refractivity (Wildman–Crippen MR) is 72.5 cm³/mol. The first-order valence-corrected chi connectivity index (χ1v) is 6.31. The van der Waals surface area contributed by atoms with E-state index in [0.717, 1.165) is 0 Å². The Bertz CT molecular complexity index is 650.